The van der Waals surface area contributed by atoms with Crippen LogP contribution in [-0.4, -0.2) is 10.9 Å². The van der Waals surface area contributed by atoms with E-state index in [0.29, 0.717) is 5.01 Å². The van der Waals surface area contributed by atoms with Crippen LogP contribution in [0.25, 0.3) is 10.6 Å². The third-order valence-corrected chi connectivity index (χ3v) is 2.74. The van der Waals surface area contributed by atoms with Crippen molar-refractivity contribution in [1.29, 1.82) is 0 Å². The topological polar surface area (TPSA) is 56.0 Å². The smallest absolute Gasteiger partial charge is 0.268 e. The zero-order valence-electron chi connectivity index (χ0n) is 7.61. The molecule has 0 saturated carbocycles. The lowest BCUT2D eigenvalue weighted by atomic mass is 10.2. The molecule has 0 atom stereocenters. The molecule has 3 nitrogen and oxygen atoms in total. The maximum atomic E-state index is 12.6. The van der Waals surface area contributed by atoms with Gasteiger partial charge in [0.1, 0.15) is 16.5 Å². The van der Waals surface area contributed by atoms with Crippen molar-refractivity contribution in [2.75, 3.05) is 0 Å². The zero-order valence-corrected chi connectivity index (χ0v) is 8.42. The van der Waals surface area contributed by atoms with E-state index in [4.69, 9.17) is 5.73 Å². The minimum Gasteiger partial charge on any atom is -0.364 e. The fourth-order valence-electron chi connectivity index (χ4n) is 1.11. The Kier molecular flexibility index (Phi) is 2.47. The van der Waals surface area contributed by atoms with E-state index < -0.39 is 5.91 Å². The van der Waals surface area contributed by atoms with E-state index in [-0.39, 0.29) is 11.5 Å². The van der Waals surface area contributed by atoms with E-state index in [1.54, 1.807) is 17.5 Å². The number of nitrogens with two attached hydrogens (primary N) is 1. The molecule has 0 fully saturated rings. The molecular weight excluding hydrogens is 215 g/mol. The standard InChI is InChI=1S/C10H7FN2OS/c11-7-3-1-6(2-4-7)10-13-8(5-15-10)9(12)14/h1-5H,(H2,12,14). The van der Waals surface area contributed by atoms with E-state index in [2.05, 4.69) is 4.98 Å². The van der Waals surface area contributed by atoms with Crippen molar-refractivity contribution >= 4 is 17.2 Å². The van der Waals surface area contributed by atoms with Crippen molar-refractivity contribution in [1.82, 2.24) is 4.98 Å². The summed E-state index contributed by atoms with van der Waals surface area (Å²) in [6.07, 6.45) is 0. The molecule has 15 heavy (non-hydrogen) atoms. The molecule has 1 amide bonds. The number of hydrogen-bond donors (Lipinski definition) is 1. The summed E-state index contributed by atoms with van der Waals surface area (Å²) in [6.45, 7) is 0. The summed E-state index contributed by atoms with van der Waals surface area (Å²) in [5.74, 6) is -0.856. The average Bonchev–Trinajstić information content (AvgIpc) is 2.68. The van der Waals surface area contributed by atoms with Crippen LogP contribution in [-0.2, 0) is 0 Å². The van der Waals surface area contributed by atoms with Crippen molar-refractivity contribution in [2.24, 2.45) is 5.73 Å². The summed E-state index contributed by atoms with van der Waals surface area (Å²) in [5.41, 5.74) is 6.08. The van der Waals surface area contributed by atoms with E-state index in [9.17, 15) is 9.18 Å². The van der Waals surface area contributed by atoms with Crippen LogP contribution in [0.2, 0.25) is 0 Å². The van der Waals surface area contributed by atoms with Gasteiger partial charge in [-0.2, -0.15) is 0 Å². The average molecular weight is 222 g/mol. The van der Waals surface area contributed by atoms with Gasteiger partial charge in [-0.15, -0.1) is 11.3 Å². The maximum Gasteiger partial charge on any atom is 0.268 e. The van der Waals surface area contributed by atoms with Gasteiger partial charge in [0.15, 0.2) is 0 Å². The van der Waals surface area contributed by atoms with Crippen LogP contribution in [0.15, 0.2) is 29.6 Å². The molecule has 2 N–H and O–H groups in total. The van der Waals surface area contributed by atoms with E-state index in [1.165, 1.54) is 23.5 Å². The Labute approximate surface area is 89.4 Å². The molecule has 1 aromatic carbocycles. The van der Waals surface area contributed by atoms with Crippen molar-refractivity contribution in [2.45, 2.75) is 0 Å². The molecule has 0 aliphatic rings. The Morgan fingerprint density at radius 2 is 2.00 bits per heavy atom. The number of thiazole rings is 1. The molecule has 76 valence electrons. The van der Waals surface area contributed by atoms with Crippen LogP contribution in [0, 0.1) is 5.82 Å². The number of nitrogens with zero attached hydrogens (tertiary/aromatic N) is 1. The van der Waals surface area contributed by atoms with Gasteiger partial charge in [-0.05, 0) is 24.3 Å². The van der Waals surface area contributed by atoms with Gasteiger partial charge in [-0.25, -0.2) is 9.37 Å². The summed E-state index contributed by atoms with van der Waals surface area (Å²) in [7, 11) is 0. The highest BCUT2D eigenvalue weighted by molar-refractivity contribution is 7.13. The first kappa shape index (κ1) is 9.79. The number of primary amides is 1. The molecule has 2 rings (SSSR count). The Morgan fingerprint density at radius 1 is 1.33 bits per heavy atom. The Balaban J connectivity index is 2.37. The Morgan fingerprint density at radius 3 is 2.53 bits per heavy atom. The van der Waals surface area contributed by atoms with Gasteiger partial charge >= 0.3 is 0 Å². The van der Waals surface area contributed by atoms with E-state index in [1.807, 2.05) is 0 Å². The normalized spacial score (nSPS) is 10.2. The highest BCUT2D eigenvalue weighted by Gasteiger charge is 2.08. The van der Waals surface area contributed by atoms with Crippen molar-refractivity contribution < 1.29 is 9.18 Å². The number of carbonyl (C=O) groups is 1. The first-order valence-electron chi connectivity index (χ1n) is 4.18. The predicted octanol–water partition coefficient (Wildman–Crippen LogP) is 2.05. The molecule has 0 saturated heterocycles. The van der Waals surface area contributed by atoms with Crippen LogP contribution >= 0.6 is 11.3 Å². The number of aromatic nitrogens is 1. The first-order valence-corrected chi connectivity index (χ1v) is 5.06. The van der Waals surface area contributed by atoms with Gasteiger partial charge in [0.2, 0.25) is 0 Å². The molecule has 0 aliphatic heterocycles. The van der Waals surface area contributed by atoms with Crippen LogP contribution in [0.1, 0.15) is 10.5 Å². The van der Waals surface area contributed by atoms with E-state index in [0.717, 1.165) is 5.56 Å². The predicted molar refractivity (Wildman–Crippen MR) is 56.0 cm³/mol. The molecule has 1 aromatic heterocycles. The molecule has 0 aliphatic carbocycles. The fraction of sp³-hybridized carbons (Fsp3) is 0. The Hall–Kier alpha value is -1.75. The summed E-state index contributed by atoms with van der Waals surface area (Å²) in [4.78, 5) is 14.8. The van der Waals surface area contributed by atoms with Gasteiger partial charge in [-0.3, -0.25) is 4.79 Å². The summed E-state index contributed by atoms with van der Waals surface area (Å²) in [5, 5.41) is 2.24. The lowest BCUT2D eigenvalue weighted by Crippen LogP contribution is -2.10. The maximum absolute atomic E-state index is 12.6. The zero-order chi connectivity index (χ0) is 10.8. The molecule has 0 bridgehead atoms. The number of carbonyl (C=O) groups excluding carboxylic acids is 1. The second-order valence-electron chi connectivity index (χ2n) is 2.91. The molecular formula is C10H7FN2OS. The van der Waals surface area contributed by atoms with E-state index >= 15 is 0 Å². The number of rotatable bonds is 2. The quantitative estimate of drug-likeness (QED) is 0.845. The lowest BCUT2D eigenvalue weighted by Gasteiger charge is -1.94. The highest BCUT2D eigenvalue weighted by atomic mass is 32.1. The summed E-state index contributed by atoms with van der Waals surface area (Å²) >= 11 is 1.30. The van der Waals surface area contributed by atoms with Crippen molar-refractivity contribution in [3.05, 3.63) is 41.2 Å². The van der Waals surface area contributed by atoms with Crippen LogP contribution in [0.3, 0.4) is 0 Å². The fourth-order valence-corrected chi connectivity index (χ4v) is 1.93. The number of amides is 1. The second kappa shape index (κ2) is 3.78. The third-order valence-electron chi connectivity index (χ3n) is 1.85. The number of hydrogen-bond acceptors (Lipinski definition) is 3. The largest absolute Gasteiger partial charge is 0.364 e. The third kappa shape index (κ3) is 2.02. The van der Waals surface area contributed by atoms with Gasteiger partial charge < -0.3 is 5.73 Å². The second-order valence-corrected chi connectivity index (χ2v) is 3.77. The van der Waals surface area contributed by atoms with Gasteiger partial charge in [-0.1, -0.05) is 0 Å². The minimum atomic E-state index is -0.556. The number of benzene rings is 1. The molecule has 1 heterocycles. The molecule has 0 spiro atoms. The summed E-state index contributed by atoms with van der Waals surface area (Å²) in [6, 6.07) is 5.92. The molecule has 0 unspecified atom stereocenters. The molecule has 0 radical (unpaired) electrons. The van der Waals surface area contributed by atoms with Gasteiger partial charge in [0.05, 0.1) is 0 Å². The molecule has 5 heteroatoms. The molecule has 2 aromatic rings. The number of halogens is 1. The van der Waals surface area contributed by atoms with Crippen LogP contribution < -0.4 is 5.73 Å². The first-order chi connectivity index (χ1) is 7.16. The minimum absolute atomic E-state index is 0.235. The van der Waals surface area contributed by atoms with Crippen molar-refractivity contribution in [3.63, 3.8) is 0 Å². The van der Waals surface area contributed by atoms with Gasteiger partial charge in [0, 0.05) is 10.9 Å². The van der Waals surface area contributed by atoms with Crippen LogP contribution in [0.4, 0.5) is 4.39 Å². The lowest BCUT2D eigenvalue weighted by molar-refractivity contribution is 0.0996. The van der Waals surface area contributed by atoms with Gasteiger partial charge in [0.25, 0.3) is 5.91 Å². The SMILES string of the molecule is NC(=O)c1csc(-c2ccc(F)cc2)n1. The highest BCUT2D eigenvalue weighted by Crippen LogP contribution is 2.23. The monoisotopic (exact) mass is 222 g/mol. The van der Waals surface area contributed by atoms with Crippen LogP contribution in [0.5, 0.6) is 0 Å². The van der Waals surface area contributed by atoms with Crippen molar-refractivity contribution in [3.8, 4) is 10.6 Å². The Bertz CT molecular complexity index is 492. The summed E-state index contributed by atoms with van der Waals surface area (Å²) < 4.78 is 12.6.